The first-order valence-electron chi connectivity index (χ1n) is 12.6. The lowest BCUT2D eigenvalue weighted by molar-refractivity contribution is -0.128. The van der Waals surface area contributed by atoms with Crippen molar-refractivity contribution in [2.24, 2.45) is 11.3 Å². The van der Waals surface area contributed by atoms with Gasteiger partial charge in [-0.15, -0.1) is 0 Å². The van der Waals surface area contributed by atoms with Gasteiger partial charge in [0.15, 0.2) is 0 Å². The number of carbonyl (C=O) groups excluding carboxylic acids is 2. The smallest absolute Gasteiger partial charge is 0.407 e. The number of rotatable bonds is 7. The van der Waals surface area contributed by atoms with Gasteiger partial charge in [0.2, 0.25) is 17.8 Å². The number of fused-ring (bicyclic) bond motifs is 1. The monoisotopic (exact) mass is 487 g/mol. The number of carbonyl (C=O) groups is 3. The molecule has 0 bridgehead atoms. The molecule has 2 fully saturated rings. The SMILES string of the molecule is CC(=O)NNC(=O)CC(CC(C)C)Nc1nc(N2CCC3(CN(C(=O)O)C3)C2)nc2c1CCCC2. The average molecular weight is 488 g/mol. The number of aromatic nitrogens is 2. The summed E-state index contributed by atoms with van der Waals surface area (Å²) in [6, 6.07) is -0.141. The van der Waals surface area contributed by atoms with Gasteiger partial charge in [-0.05, 0) is 44.4 Å². The summed E-state index contributed by atoms with van der Waals surface area (Å²) < 4.78 is 0. The average Bonchev–Trinajstić information content (AvgIpc) is 3.22. The zero-order valence-electron chi connectivity index (χ0n) is 20.9. The Morgan fingerprint density at radius 2 is 1.83 bits per heavy atom. The second kappa shape index (κ2) is 10.2. The molecule has 4 N–H and O–H groups in total. The third-order valence-electron chi connectivity index (χ3n) is 7.12. The second-order valence-corrected chi connectivity index (χ2v) is 10.7. The topological polar surface area (TPSA) is 140 Å². The van der Waals surface area contributed by atoms with Gasteiger partial charge in [-0.3, -0.25) is 20.4 Å². The van der Waals surface area contributed by atoms with Crippen LogP contribution in [0.2, 0.25) is 0 Å². The van der Waals surface area contributed by atoms with Gasteiger partial charge in [-0.25, -0.2) is 9.78 Å². The van der Waals surface area contributed by atoms with Crippen molar-refractivity contribution in [3.63, 3.8) is 0 Å². The van der Waals surface area contributed by atoms with Crippen molar-refractivity contribution in [1.82, 2.24) is 25.7 Å². The molecule has 1 atom stereocenters. The van der Waals surface area contributed by atoms with Crippen molar-refractivity contribution in [2.75, 3.05) is 36.4 Å². The summed E-state index contributed by atoms with van der Waals surface area (Å²) in [5.74, 6) is 1.28. The summed E-state index contributed by atoms with van der Waals surface area (Å²) in [6.45, 7) is 8.27. The molecule has 0 radical (unpaired) electrons. The third-order valence-corrected chi connectivity index (χ3v) is 7.12. The van der Waals surface area contributed by atoms with Crippen LogP contribution in [0.5, 0.6) is 0 Å². The van der Waals surface area contributed by atoms with E-state index in [1.165, 1.54) is 11.8 Å². The number of hydrogen-bond acceptors (Lipinski definition) is 7. The molecule has 1 aromatic heterocycles. The maximum Gasteiger partial charge on any atom is 0.407 e. The van der Waals surface area contributed by atoms with Crippen molar-refractivity contribution in [3.8, 4) is 0 Å². The normalized spacial score (nSPS) is 19.2. The third kappa shape index (κ3) is 5.94. The van der Waals surface area contributed by atoms with Gasteiger partial charge >= 0.3 is 6.09 Å². The van der Waals surface area contributed by atoms with Crippen LogP contribution in [0.25, 0.3) is 0 Å². The van der Waals surface area contributed by atoms with Crippen molar-refractivity contribution in [2.45, 2.75) is 71.8 Å². The van der Waals surface area contributed by atoms with Crippen molar-refractivity contribution >= 4 is 29.7 Å². The van der Waals surface area contributed by atoms with Crippen LogP contribution in [0.15, 0.2) is 0 Å². The number of hydrazine groups is 1. The van der Waals surface area contributed by atoms with Gasteiger partial charge in [-0.2, -0.15) is 4.98 Å². The number of hydrogen-bond donors (Lipinski definition) is 4. The van der Waals surface area contributed by atoms with Crippen LogP contribution in [0, 0.1) is 11.3 Å². The van der Waals surface area contributed by atoms with E-state index in [0.29, 0.717) is 25.0 Å². The van der Waals surface area contributed by atoms with E-state index in [2.05, 4.69) is 34.9 Å². The van der Waals surface area contributed by atoms with E-state index in [1.54, 1.807) is 0 Å². The fraction of sp³-hybridized carbons (Fsp3) is 0.708. The van der Waals surface area contributed by atoms with Crippen LogP contribution in [0.3, 0.4) is 0 Å². The summed E-state index contributed by atoms with van der Waals surface area (Å²) in [6.07, 6.45) is 5.05. The van der Waals surface area contributed by atoms with E-state index in [9.17, 15) is 19.5 Å². The lowest BCUT2D eigenvalue weighted by atomic mass is 9.79. The molecule has 1 spiro atoms. The molecule has 1 aliphatic carbocycles. The molecule has 192 valence electrons. The molecule has 2 saturated heterocycles. The van der Waals surface area contributed by atoms with Crippen LogP contribution in [0.4, 0.5) is 16.6 Å². The van der Waals surface area contributed by atoms with Gasteiger partial charge in [0.1, 0.15) is 5.82 Å². The number of carboxylic acid groups (broad SMARTS) is 1. The lowest BCUT2D eigenvalue weighted by Crippen LogP contribution is -2.59. The van der Waals surface area contributed by atoms with Crippen molar-refractivity contribution in [3.05, 3.63) is 11.3 Å². The van der Waals surface area contributed by atoms with Gasteiger partial charge < -0.3 is 20.2 Å². The van der Waals surface area contributed by atoms with E-state index in [1.807, 2.05) is 0 Å². The predicted octanol–water partition coefficient (Wildman–Crippen LogP) is 1.93. The van der Waals surface area contributed by atoms with Crippen LogP contribution in [-0.4, -0.2) is 70.1 Å². The molecule has 4 rings (SSSR count). The first kappa shape index (κ1) is 25.0. The van der Waals surface area contributed by atoms with E-state index in [0.717, 1.165) is 68.7 Å². The lowest BCUT2D eigenvalue weighted by Gasteiger charge is -2.46. The maximum absolute atomic E-state index is 12.4. The highest BCUT2D eigenvalue weighted by atomic mass is 16.4. The molecule has 0 saturated carbocycles. The minimum absolute atomic E-state index is 0.00672. The van der Waals surface area contributed by atoms with Gasteiger partial charge in [-0.1, -0.05) is 13.8 Å². The van der Waals surface area contributed by atoms with Crippen molar-refractivity contribution < 1.29 is 19.5 Å². The quantitative estimate of drug-likeness (QED) is 0.428. The highest BCUT2D eigenvalue weighted by Gasteiger charge is 2.50. The first-order valence-corrected chi connectivity index (χ1v) is 12.6. The number of aryl methyl sites for hydroxylation is 1. The molecule has 3 heterocycles. The summed E-state index contributed by atoms with van der Waals surface area (Å²) in [5, 5.41) is 12.8. The Hall–Kier alpha value is -3.11. The minimum Gasteiger partial charge on any atom is -0.465 e. The van der Waals surface area contributed by atoms with E-state index in [4.69, 9.17) is 9.97 Å². The van der Waals surface area contributed by atoms with Crippen LogP contribution < -0.4 is 21.1 Å². The molecule has 35 heavy (non-hydrogen) atoms. The minimum atomic E-state index is -0.857. The second-order valence-electron chi connectivity index (χ2n) is 10.7. The molecule has 0 aromatic carbocycles. The van der Waals surface area contributed by atoms with Crippen LogP contribution >= 0.6 is 0 Å². The zero-order valence-corrected chi connectivity index (χ0v) is 20.9. The molecule has 3 aliphatic rings. The number of nitrogens with one attached hydrogen (secondary N) is 3. The largest absolute Gasteiger partial charge is 0.465 e. The van der Waals surface area contributed by atoms with Gasteiger partial charge in [0.25, 0.3) is 0 Å². The fourth-order valence-electron chi connectivity index (χ4n) is 5.49. The number of amides is 3. The van der Waals surface area contributed by atoms with Crippen LogP contribution in [-0.2, 0) is 22.4 Å². The Morgan fingerprint density at radius 3 is 2.51 bits per heavy atom. The molecule has 11 heteroatoms. The Kier molecular flexibility index (Phi) is 7.32. The summed E-state index contributed by atoms with van der Waals surface area (Å²) >= 11 is 0. The molecule has 1 aromatic rings. The van der Waals surface area contributed by atoms with Crippen LogP contribution in [0.1, 0.15) is 64.1 Å². The molecular weight excluding hydrogens is 450 g/mol. The molecule has 2 aliphatic heterocycles. The standard InChI is InChI=1S/C24H37N7O4/c1-15(2)10-17(11-20(33)29-28-16(3)32)25-21-18-6-4-5-7-19(18)26-22(27-21)30-9-8-24(12-30)13-31(14-24)23(34)35/h15,17H,4-14H2,1-3H3,(H,28,32)(H,29,33)(H,34,35)(H,25,26,27). The van der Waals surface area contributed by atoms with E-state index < -0.39 is 6.09 Å². The Labute approximate surface area is 206 Å². The maximum atomic E-state index is 12.4. The number of anilines is 2. The van der Waals surface area contributed by atoms with E-state index >= 15 is 0 Å². The number of nitrogens with zero attached hydrogens (tertiary/aromatic N) is 4. The van der Waals surface area contributed by atoms with Gasteiger partial charge in [0, 0.05) is 56.5 Å². The summed E-state index contributed by atoms with van der Waals surface area (Å²) in [4.78, 5) is 48.3. The van der Waals surface area contributed by atoms with E-state index in [-0.39, 0.29) is 29.7 Å². The predicted molar refractivity (Wildman–Crippen MR) is 131 cm³/mol. The fourth-order valence-corrected chi connectivity index (χ4v) is 5.49. The Morgan fingerprint density at radius 1 is 1.09 bits per heavy atom. The zero-order chi connectivity index (χ0) is 25.2. The molecule has 1 unspecified atom stereocenters. The van der Waals surface area contributed by atoms with Crippen molar-refractivity contribution in [1.29, 1.82) is 0 Å². The number of likely N-dealkylation sites (tertiary alicyclic amines) is 1. The van der Waals surface area contributed by atoms with Gasteiger partial charge in [0.05, 0.1) is 5.69 Å². The Bertz CT molecular complexity index is 977. The summed E-state index contributed by atoms with van der Waals surface area (Å²) in [5.41, 5.74) is 7.00. The summed E-state index contributed by atoms with van der Waals surface area (Å²) in [7, 11) is 0. The Balaban J connectivity index is 1.52. The molecule has 3 amide bonds. The highest BCUT2D eigenvalue weighted by molar-refractivity contribution is 5.81. The molecular formula is C24H37N7O4. The highest BCUT2D eigenvalue weighted by Crippen LogP contribution is 2.41. The molecule has 11 nitrogen and oxygen atoms in total. The first-order chi connectivity index (χ1) is 16.6.